The summed E-state index contributed by atoms with van der Waals surface area (Å²) < 4.78 is 39.7. The number of benzene rings is 2. The van der Waals surface area contributed by atoms with Crippen LogP contribution in [0, 0.1) is 5.21 Å². The number of hydrogen-bond donors (Lipinski definition) is 1. The molecule has 4 nitrogen and oxygen atoms in total. The summed E-state index contributed by atoms with van der Waals surface area (Å²) in [5, 5.41) is 15.2. The number of halogens is 3. The van der Waals surface area contributed by atoms with Crippen molar-refractivity contribution in [3.63, 3.8) is 0 Å². The van der Waals surface area contributed by atoms with Crippen LogP contribution in [0.15, 0.2) is 48.5 Å². The van der Waals surface area contributed by atoms with E-state index >= 15 is 0 Å². The number of nitrogens with zero attached hydrogens (tertiary/aromatic N) is 1. The summed E-state index contributed by atoms with van der Waals surface area (Å²) in [4.78, 5) is 12.0. The molecule has 0 spiro atoms. The first kappa shape index (κ1) is 17.2. The van der Waals surface area contributed by atoms with Crippen LogP contribution >= 0.6 is 11.3 Å². The molecule has 0 unspecified atom stereocenters. The zero-order valence-corrected chi connectivity index (χ0v) is 13.7. The van der Waals surface area contributed by atoms with Gasteiger partial charge in [-0.15, -0.1) is 0 Å². The van der Waals surface area contributed by atoms with Gasteiger partial charge in [-0.25, -0.2) is 0 Å². The fourth-order valence-electron chi connectivity index (χ4n) is 2.39. The highest BCUT2D eigenvalue weighted by molar-refractivity contribution is 7.18. The second-order valence-electron chi connectivity index (χ2n) is 5.34. The number of amides is 1. The SMILES string of the molecule is O=C(NCCc1sc2ccccc2[n+]1[O-])c1cccc(C(F)(F)F)c1. The molecule has 1 aromatic heterocycles. The van der Waals surface area contributed by atoms with E-state index in [1.165, 1.54) is 23.5 Å². The first-order valence-electron chi connectivity index (χ1n) is 7.41. The van der Waals surface area contributed by atoms with E-state index in [0.29, 0.717) is 16.9 Å². The molecule has 0 aliphatic rings. The normalized spacial score (nSPS) is 11.6. The van der Waals surface area contributed by atoms with Crippen LogP contribution in [0.2, 0.25) is 0 Å². The number of alkyl halides is 3. The largest absolute Gasteiger partial charge is 0.617 e. The fraction of sp³-hybridized carbons (Fsp3) is 0.176. The van der Waals surface area contributed by atoms with E-state index in [1.807, 2.05) is 12.1 Å². The first-order chi connectivity index (χ1) is 11.9. The van der Waals surface area contributed by atoms with E-state index in [0.717, 1.165) is 21.6 Å². The molecule has 0 bridgehead atoms. The van der Waals surface area contributed by atoms with Gasteiger partial charge in [0.25, 0.3) is 10.9 Å². The van der Waals surface area contributed by atoms with E-state index in [4.69, 9.17) is 0 Å². The highest BCUT2D eigenvalue weighted by Gasteiger charge is 2.30. The molecule has 0 atom stereocenters. The minimum atomic E-state index is -4.50. The number of rotatable bonds is 4. The van der Waals surface area contributed by atoms with E-state index < -0.39 is 17.6 Å². The highest BCUT2D eigenvalue weighted by atomic mass is 32.1. The monoisotopic (exact) mass is 366 g/mol. The molecule has 130 valence electrons. The van der Waals surface area contributed by atoms with Crippen LogP contribution in [0.1, 0.15) is 20.9 Å². The van der Waals surface area contributed by atoms with Crippen molar-refractivity contribution < 1.29 is 22.7 Å². The Morgan fingerprint density at radius 2 is 1.92 bits per heavy atom. The molecule has 0 aliphatic heterocycles. The van der Waals surface area contributed by atoms with Gasteiger partial charge in [-0.05, 0) is 24.3 Å². The molecule has 1 N–H and O–H groups in total. The Bertz CT molecular complexity index is 922. The molecule has 0 saturated heterocycles. The molecule has 3 aromatic rings. The number of fused-ring (bicyclic) bond motifs is 1. The number of carbonyl (C=O) groups excluding carboxylic acids is 1. The van der Waals surface area contributed by atoms with Gasteiger partial charge in [0, 0.05) is 18.2 Å². The van der Waals surface area contributed by atoms with Gasteiger partial charge in [0.2, 0.25) is 5.52 Å². The molecule has 1 heterocycles. The lowest BCUT2D eigenvalue weighted by Crippen LogP contribution is -2.32. The lowest BCUT2D eigenvalue weighted by molar-refractivity contribution is -0.580. The quantitative estimate of drug-likeness (QED) is 0.567. The summed E-state index contributed by atoms with van der Waals surface area (Å²) in [7, 11) is 0. The molecular weight excluding hydrogens is 353 g/mol. The van der Waals surface area contributed by atoms with Gasteiger partial charge in [0.15, 0.2) is 0 Å². The van der Waals surface area contributed by atoms with Gasteiger partial charge >= 0.3 is 6.18 Å². The minimum absolute atomic E-state index is 0.0684. The predicted molar refractivity (Wildman–Crippen MR) is 88.3 cm³/mol. The molecule has 2 aromatic carbocycles. The van der Waals surface area contributed by atoms with Crippen LogP contribution < -0.4 is 10.0 Å². The van der Waals surface area contributed by atoms with E-state index in [9.17, 15) is 23.2 Å². The van der Waals surface area contributed by atoms with Crippen molar-refractivity contribution in [1.82, 2.24) is 5.32 Å². The van der Waals surface area contributed by atoms with Gasteiger partial charge in [-0.2, -0.15) is 17.9 Å². The molecule has 0 fully saturated rings. The van der Waals surface area contributed by atoms with Crippen LogP contribution in [0.5, 0.6) is 0 Å². The second-order valence-corrected chi connectivity index (χ2v) is 6.46. The first-order valence-corrected chi connectivity index (χ1v) is 8.23. The molecule has 1 amide bonds. The maximum Gasteiger partial charge on any atom is 0.416 e. The third-order valence-electron chi connectivity index (χ3n) is 3.61. The number of aromatic nitrogens is 1. The van der Waals surface area contributed by atoms with Crippen molar-refractivity contribution in [2.75, 3.05) is 6.54 Å². The Kier molecular flexibility index (Phi) is 4.63. The predicted octanol–water partition coefficient (Wildman–Crippen LogP) is 3.53. The topological polar surface area (TPSA) is 56.0 Å². The third-order valence-corrected chi connectivity index (χ3v) is 4.79. The van der Waals surface area contributed by atoms with Crippen LogP contribution in [-0.2, 0) is 12.6 Å². The Hall–Kier alpha value is -2.61. The molecule has 0 radical (unpaired) electrons. The summed E-state index contributed by atoms with van der Waals surface area (Å²) in [6, 6.07) is 11.4. The number of para-hydroxylation sites is 1. The lowest BCUT2D eigenvalue weighted by Gasteiger charge is -2.09. The van der Waals surface area contributed by atoms with Crippen molar-refractivity contribution in [3.8, 4) is 0 Å². The van der Waals surface area contributed by atoms with E-state index in [1.54, 1.807) is 12.1 Å². The van der Waals surface area contributed by atoms with Crippen molar-refractivity contribution >= 4 is 27.5 Å². The van der Waals surface area contributed by atoms with Crippen LogP contribution in [0.4, 0.5) is 13.2 Å². The number of nitrogens with one attached hydrogen (secondary N) is 1. The van der Waals surface area contributed by atoms with Crippen molar-refractivity contribution in [3.05, 3.63) is 69.9 Å². The molecule has 0 saturated carbocycles. The average molecular weight is 366 g/mol. The smallest absolute Gasteiger partial charge is 0.416 e. The van der Waals surface area contributed by atoms with Crippen LogP contribution in [0.3, 0.4) is 0 Å². The molecule has 8 heteroatoms. The zero-order valence-electron chi connectivity index (χ0n) is 12.8. The fourth-order valence-corrected chi connectivity index (χ4v) is 3.43. The van der Waals surface area contributed by atoms with Crippen molar-refractivity contribution in [2.24, 2.45) is 0 Å². The maximum absolute atomic E-state index is 12.7. The van der Waals surface area contributed by atoms with E-state index in [2.05, 4.69) is 5.32 Å². The third kappa shape index (κ3) is 3.74. The zero-order chi connectivity index (χ0) is 18.0. The van der Waals surface area contributed by atoms with Gasteiger partial charge in [0.05, 0.1) is 12.0 Å². The molecule has 0 aliphatic carbocycles. The number of carbonyl (C=O) groups is 1. The summed E-state index contributed by atoms with van der Waals surface area (Å²) in [6.07, 6.45) is -4.20. The maximum atomic E-state index is 12.7. The van der Waals surface area contributed by atoms with Gasteiger partial charge < -0.3 is 10.5 Å². The van der Waals surface area contributed by atoms with E-state index in [-0.39, 0.29) is 12.1 Å². The Morgan fingerprint density at radius 3 is 2.64 bits per heavy atom. The number of hydrogen-bond acceptors (Lipinski definition) is 3. The average Bonchev–Trinajstić information content (AvgIpc) is 2.91. The van der Waals surface area contributed by atoms with Gasteiger partial charge in [-0.3, -0.25) is 4.79 Å². The standard InChI is InChI=1S/C17H13F3N2O2S/c18-17(19,20)12-5-3-4-11(10-12)16(23)21-9-8-15-22(24)13-6-1-2-7-14(13)25-15/h1-7,10H,8-9H2,(H,21,23). The summed E-state index contributed by atoms with van der Waals surface area (Å²) in [5.74, 6) is -0.607. The highest BCUT2D eigenvalue weighted by Crippen LogP contribution is 2.29. The van der Waals surface area contributed by atoms with Crippen molar-refractivity contribution in [1.29, 1.82) is 0 Å². The second kappa shape index (κ2) is 6.72. The van der Waals surface area contributed by atoms with Crippen LogP contribution in [0.25, 0.3) is 10.2 Å². The molecule has 25 heavy (non-hydrogen) atoms. The Balaban J connectivity index is 1.65. The molecule has 3 rings (SSSR count). The van der Waals surface area contributed by atoms with Gasteiger partial charge in [0.1, 0.15) is 4.70 Å². The van der Waals surface area contributed by atoms with Crippen LogP contribution in [-0.4, -0.2) is 12.5 Å². The minimum Gasteiger partial charge on any atom is -0.617 e. The Morgan fingerprint density at radius 1 is 1.16 bits per heavy atom. The summed E-state index contributed by atoms with van der Waals surface area (Å²) in [6.45, 7) is 0.157. The van der Waals surface area contributed by atoms with Gasteiger partial charge in [-0.1, -0.05) is 29.5 Å². The molecular formula is C17H13F3N2O2S. The lowest BCUT2D eigenvalue weighted by atomic mass is 10.1. The number of thiazole rings is 1. The van der Waals surface area contributed by atoms with Crippen molar-refractivity contribution in [2.45, 2.75) is 12.6 Å². The summed E-state index contributed by atoms with van der Waals surface area (Å²) in [5.41, 5.74) is -0.380. The summed E-state index contributed by atoms with van der Waals surface area (Å²) >= 11 is 1.33. The Labute approximate surface area is 145 Å².